The lowest BCUT2D eigenvalue weighted by molar-refractivity contribution is -0.137. The molecule has 21 heavy (non-hydrogen) atoms. The van der Waals surface area contributed by atoms with Gasteiger partial charge in [-0.15, -0.1) is 0 Å². The lowest BCUT2D eigenvalue weighted by atomic mass is 10.1. The van der Waals surface area contributed by atoms with Crippen LogP contribution < -0.4 is 10.2 Å². The van der Waals surface area contributed by atoms with E-state index >= 15 is 0 Å². The number of carbonyl (C=O) groups excluding carboxylic acids is 1. The van der Waals surface area contributed by atoms with Crippen LogP contribution in [0.5, 0.6) is 0 Å². The Morgan fingerprint density at radius 1 is 1.33 bits per heavy atom. The first-order chi connectivity index (χ1) is 9.82. The van der Waals surface area contributed by atoms with E-state index in [0.717, 1.165) is 11.8 Å². The van der Waals surface area contributed by atoms with Crippen LogP contribution in [0, 0.1) is 5.92 Å². The van der Waals surface area contributed by atoms with Crippen LogP contribution in [0.3, 0.4) is 0 Å². The van der Waals surface area contributed by atoms with Crippen LogP contribution in [0.25, 0.3) is 0 Å². The summed E-state index contributed by atoms with van der Waals surface area (Å²) in [6, 6.07) is 5.26. The predicted octanol–water partition coefficient (Wildman–Crippen LogP) is 3.53. The molecule has 0 aromatic heterocycles. The molecule has 3 nitrogen and oxygen atoms in total. The average molecular weight is 298 g/mol. The van der Waals surface area contributed by atoms with E-state index in [0.29, 0.717) is 18.6 Å². The fourth-order valence-corrected chi connectivity index (χ4v) is 2.35. The van der Waals surface area contributed by atoms with Crippen LogP contribution in [0.15, 0.2) is 36.2 Å². The third-order valence-electron chi connectivity index (χ3n) is 3.17. The summed E-state index contributed by atoms with van der Waals surface area (Å²) in [5.74, 6) is 0.342. The van der Waals surface area contributed by atoms with Crippen LogP contribution in [0.2, 0.25) is 0 Å². The van der Waals surface area contributed by atoms with Gasteiger partial charge in [-0.3, -0.25) is 4.79 Å². The van der Waals surface area contributed by atoms with Gasteiger partial charge in [0.05, 0.1) is 11.3 Å². The number of rotatable bonds is 4. The zero-order chi connectivity index (χ0) is 15.6. The van der Waals surface area contributed by atoms with Crippen molar-refractivity contribution in [3.63, 3.8) is 0 Å². The van der Waals surface area contributed by atoms with Gasteiger partial charge in [-0.05, 0) is 24.5 Å². The van der Waals surface area contributed by atoms with Gasteiger partial charge in [-0.2, -0.15) is 13.2 Å². The lowest BCUT2D eigenvalue weighted by Gasteiger charge is -2.24. The normalized spacial score (nSPS) is 18.7. The predicted molar refractivity (Wildman–Crippen MR) is 74.4 cm³/mol. The molecule has 1 N–H and O–H groups in total. The minimum Gasteiger partial charge on any atom is -0.361 e. The highest BCUT2D eigenvalue weighted by Gasteiger charge is 2.36. The van der Waals surface area contributed by atoms with E-state index in [-0.39, 0.29) is 5.69 Å². The molecule has 1 heterocycles. The topological polar surface area (TPSA) is 32.3 Å². The van der Waals surface area contributed by atoms with Crippen LogP contribution in [0.1, 0.15) is 25.8 Å². The number of carbonyl (C=O) groups is 1. The van der Waals surface area contributed by atoms with Gasteiger partial charge in [0.25, 0.3) is 0 Å². The van der Waals surface area contributed by atoms with Gasteiger partial charge < -0.3 is 10.2 Å². The smallest absolute Gasteiger partial charge is 0.361 e. The Hall–Kier alpha value is -1.98. The highest BCUT2D eigenvalue weighted by molar-refractivity contribution is 5.71. The van der Waals surface area contributed by atoms with E-state index in [9.17, 15) is 18.0 Å². The Kier molecular flexibility index (Phi) is 4.25. The SMILES string of the molecule is CC(C)CC1=CN(c2ccccc2C(F)(F)F)C(C=O)N1. The zero-order valence-corrected chi connectivity index (χ0v) is 11.8. The van der Waals surface area contributed by atoms with Crippen LogP contribution >= 0.6 is 0 Å². The molecular formula is C15H17F3N2O. The number of alkyl halides is 3. The minimum atomic E-state index is -4.46. The van der Waals surface area contributed by atoms with E-state index in [1.54, 1.807) is 6.20 Å². The lowest BCUT2D eigenvalue weighted by Crippen LogP contribution is -2.38. The van der Waals surface area contributed by atoms with E-state index in [1.807, 2.05) is 13.8 Å². The van der Waals surface area contributed by atoms with Crippen molar-refractivity contribution >= 4 is 12.0 Å². The summed E-state index contributed by atoms with van der Waals surface area (Å²) in [5.41, 5.74) is -0.00636. The molecule has 1 aliphatic rings. The van der Waals surface area contributed by atoms with Crippen molar-refractivity contribution in [1.82, 2.24) is 5.32 Å². The minimum absolute atomic E-state index is 0.0200. The second-order valence-electron chi connectivity index (χ2n) is 5.40. The molecule has 0 fully saturated rings. The summed E-state index contributed by atoms with van der Waals surface area (Å²) in [6.07, 6.45) is -2.39. The number of allylic oxidation sites excluding steroid dienone is 1. The highest BCUT2D eigenvalue weighted by Crippen LogP contribution is 2.38. The summed E-state index contributed by atoms with van der Waals surface area (Å²) in [5, 5.41) is 2.95. The molecule has 0 saturated heterocycles. The monoisotopic (exact) mass is 298 g/mol. The molecule has 0 radical (unpaired) electrons. The quantitative estimate of drug-likeness (QED) is 0.863. The number of aldehydes is 1. The van der Waals surface area contributed by atoms with Crippen molar-refractivity contribution in [2.45, 2.75) is 32.6 Å². The van der Waals surface area contributed by atoms with E-state index in [1.165, 1.54) is 23.1 Å². The maximum Gasteiger partial charge on any atom is 0.418 e. The van der Waals surface area contributed by atoms with Crippen molar-refractivity contribution in [2.75, 3.05) is 4.90 Å². The van der Waals surface area contributed by atoms with Crippen molar-refractivity contribution in [3.05, 3.63) is 41.7 Å². The highest BCUT2D eigenvalue weighted by atomic mass is 19.4. The molecule has 1 aromatic carbocycles. The van der Waals surface area contributed by atoms with Gasteiger partial charge in [0, 0.05) is 11.9 Å². The molecule has 0 saturated carbocycles. The molecule has 0 aliphatic carbocycles. The first kappa shape index (κ1) is 15.4. The first-order valence-corrected chi connectivity index (χ1v) is 6.70. The Balaban J connectivity index is 2.40. The molecule has 0 bridgehead atoms. The van der Waals surface area contributed by atoms with Gasteiger partial charge in [0.15, 0.2) is 12.5 Å². The summed E-state index contributed by atoms with van der Waals surface area (Å²) >= 11 is 0. The summed E-state index contributed by atoms with van der Waals surface area (Å²) in [7, 11) is 0. The van der Waals surface area contributed by atoms with Crippen molar-refractivity contribution < 1.29 is 18.0 Å². The first-order valence-electron chi connectivity index (χ1n) is 6.70. The van der Waals surface area contributed by atoms with Gasteiger partial charge >= 0.3 is 6.18 Å². The standard InChI is InChI=1S/C15H17F3N2O/c1-10(2)7-11-8-20(14(9-21)19-11)13-6-4-3-5-12(13)15(16,17)18/h3-6,8-10,14,19H,7H2,1-2H3. The molecule has 6 heteroatoms. The largest absolute Gasteiger partial charge is 0.418 e. The number of hydrogen-bond donors (Lipinski definition) is 1. The molecule has 0 amide bonds. The average Bonchev–Trinajstić information content (AvgIpc) is 2.79. The Labute approximate surface area is 121 Å². The third-order valence-corrected chi connectivity index (χ3v) is 3.17. The molecule has 114 valence electrons. The van der Waals surface area contributed by atoms with E-state index < -0.39 is 17.9 Å². The van der Waals surface area contributed by atoms with E-state index in [2.05, 4.69) is 5.32 Å². The second-order valence-corrected chi connectivity index (χ2v) is 5.40. The number of hydrogen-bond acceptors (Lipinski definition) is 3. The second kappa shape index (κ2) is 5.79. The fraction of sp³-hybridized carbons (Fsp3) is 0.400. The maximum atomic E-state index is 13.1. The third kappa shape index (κ3) is 3.37. The fourth-order valence-electron chi connectivity index (χ4n) is 2.35. The number of nitrogens with zero attached hydrogens (tertiary/aromatic N) is 1. The van der Waals surface area contributed by atoms with Crippen molar-refractivity contribution in [2.24, 2.45) is 5.92 Å². The number of para-hydroxylation sites is 1. The Morgan fingerprint density at radius 3 is 2.57 bits per heavy atom. The number of anilines is 1. The van der Waals surface area contributed by atoms with Gasteiger partial charge in [-0.25, -0.2) is 0 Å². The summed E-state index contributed by atoms with van der Waals surface area (Å²) < 4.78 is 39.3. The van der Waals surface area contributed by atoms with Crippen LogP contribution in [-0.4, -0.2) is 12.5 Å². The molecule has 1 unspecified atom stereocenters. The Bertz CT molecular complexity index is 552. The molecular weight excluding hydrogens is 281 g/mol. The maximum absolute atomic E-state index is 13.1. The molecule has 2 rings (SSSR count). The van der Waals surface area contributed by atoms with Gasteiger partial charge in [-0.1, -0.05) is 26.0 Å². The number of halogens is 3. The number of nitrogens with one attached hydrogen (secondary N) is 1. The van der Waals surface area contributed by atoms with Crippen molar-refractivity contribution in [3.8, 4) is 0 Å². The van der Waals surface area contributed by atoms with Gasteiger partial charge in [0.2, 0.25) is 0 Å². The molecule has 0 spiro atoms. The van der Waals surface area contributed by atoms with Crippen LogP contribution in [0.4, 0.5) is 18.9 Å². The Morgan fingerprint density at radius 2 is 2.00 bits per heavy atom. The molecule has 1 aliphatic heterocycles. The van der Waals surface area contributed by atoms with E-state index in [4.69, 9.17) is 0 Å². The van der Waals surface area contributed by atoms with Gasteiger partial charge in [0.1, 0.15) is 0 Å². The molecule has 1 atom stereocenters. The molecule has 1 aromatic rings. The number of benzene rings is 1. The summed E-state index contributed by atoms with van der Waals surface area (Å²) in [6.45, 7) is 4.01. The summed E-state index contributed by atoms with van der Waals surface area (Å²) in [4.78, 5) is 12.5. The van der Waals surface area contributed by atoms with Crippen LogP contribution in [-0.2, 0) is 11.0 Å². The zero-order valence-electron chi connectivity index (χ0n) is 11.8. The van der Waals surface area contributed by atoms with Crippen molar-refractivity contribution in [1.29, 1.82) is 0 Å².